The number of aromatic nitrogens is 4. The Hall–Kier alpha value is -2.61. The predicted octanol–water partition coefficient (Wildman–Crippen LogP) is 2.25. The van der Waals surface area contributed by atoms with Gasteiger partial charge in [0.1, 0.15) is 11.2 Å². The lowest BCUT2D eigenvalue weighted by molar-refractivity contribution is 0.0899. The van der Waals surface area contributed by atoms with Crippen molar-refractivity contribution >= 4 is 17.2 Å². The van der Waals surface area contributed by atoms with Crippen LogP contribution in [-0.4, -0.2) is 26.2 Å². The molecule has 0 aromatic carbocycles. The van der Waals surface area contributed by atoms with Gasteiger partial charge in [-0.05, 0) is 37.4 Å². The number of amides is 1. The smallest absolute Gasteiger partial charge is 0.262 e. The molecule has 0 aliphatic rings. The average Bonchev–Trinajstić information content (AvgIpc) is 3.20. The first-order chi connectivity index (χ1) is 10.6. The van der Waals surface area contributed by atoms with E-state index in [1.54, 1.807) is 38.2 Å². The SMILES string of the molecule is CC(C)(NC(=O)c1cccs1)c1nc(-c2cccnn2)no1. The van der Waals surface area contributed by atoms with Gasteiger partial charge in [-0.2, -0.15) is 10.1 Å². The molecule has 1 N–H and O–H groups in total. The molecule has 3 aromatic heterocycles. The standard InChI is InChI=1S/C14H13N5O2S/c1-14(2,17-12(20)10-6-4-8-22-10)13-16-11(19-21-13)9-5-3-7-15-18-9/h3-8H,1-2H3,(H,17,20). The van der Waals surface area contributed by atoms with Crippen LogP contribution in [0.15, 0.2) is 40.4 Å². The summed E-state index contributed by atoms with van der Waals surface area (Å²) in [6.07, 6.45) is 1.57. The fourth-order valence-electron chi connectivity index (χ4n) is 1.81. The molecular weight excluding hydrogens is 302 g/mol. The number of thiophene rings is 1. The second-order valence-corrected chi connectivity index (χ2v) is 6.04. The van der Waals surface area contributed by atoms with E-state index >= 15 is 0 Å². The minimum absolute atomic E-state index is 0.181. The molecule has 0 radical (unpaired) electrons. The van der Waals surface area contributed by atoms with Gasteiger partial charge in [-0.25, -0.2) is 0 Å². The van der Waals surface area contributed by atoms with Crippen molar-refractivity contribution in [1.29, 1.82) is 0 Å². The van der Waals surface area contributed by atoms with Crippen molar-refractivity contribution in [2.45, 2.75) is 19.4 Å². The molecule has 0 unspecified atom stereocenters. The van der Waals surface area contributed by atoms with Gasteiger partial charge in [0.2, 0.25) is 5.82 Å². The fourth-order valence-corrected chi connectivity index (χ4v) is 2.43. The van der Waals surface area contributed by atoms with E-state index < -0.39 is 5.54 Å². The monoisotopic (exact) mass is 315 g/mol. The molecule has 0 saturated carbocycles. The predicted molar refractivity (Wildman–Crippen MR) is 80.1 cm³/mol. The lowest BCUT2D eigenvalue weighted by Crippen LogP contribution is -2.41. The maximum atomic E-state index is 12.2. The third-order valence-corrected chi connectivity index (χ3v) is 3.80. The largest absolute Gasteiger partial charge is 0.337 e. The van der Waals surface area contributed by atoms with Crippen LogP contribution in [-0.2, 0) is 5.54 Å². The zero-order valence-corrected chi connectivity index (χ0v) is 12.8. The lowest BCUT2D eigenvalue weighted by Gasteiger charge is -2.21. The molecule has 1 amide bonds. The van der Waals surface area contributed by atoms with Crippen molar-refractivity contribution in [1.82, 2.24) is 25.7 Å². The van der Waals surface area contributed by atoms with Crippen LogP contribution >= 0.6 is 11.3 Å². The van der Waals surface area contributed by atoms with E-state index in [1.165, 1.54) is 11.3 Å². The Bertz CT molecular complexity index is 768. The minimum atomic E-state index is -0.797. The second kappa shape index (κ2) is 5.64. The van der Waals surface area contributed by atoms with Crippen LogP contribution in [0.4, 0.5) is 0 Å². The Balaban J connectivity index is 1.81. The zero-order chi connectivity index (χ0) is 15.6. The molecule has 3 aromatic rings. The summed E-state index contributed by atoms with van der Waals surface area (Å²) in [6.45, 7) is 3.60. The molecule has 0 bridgehead atoms. The summed E-state index contributed by atoms with van der Waals surface area (Å²) in [5.41, 5.74) is -0.285. The van der Waals surface area contributed by atoms with Crippen molar-refractivity contribution in [3.63, 3.8) is 0 Å². The van der Waals surface area contributed by atoms with E-state index in [2.05, 4.69) is 25.7 Å². The summed E-state index contributed by atoms with van der Waals surface area (Å²) in [4.78, 5) is 17.1. The summed E-state index contributed by atoms with van der Waals surface area (Å²) in [5, 5.41) is 16.3. The third kappa shape index (κ3) is 2.86. The highest BCUT2D eigenvalue weighted by molar-refractivity contribution is 7.12. The van der Waals surface area contributed by atoms with Crippen LogP contribution < -0.4 is 5.32 Å². The summed E-state index contributed by atoms with van der Waals surface area (Å²) in [7, 11) is 0. The maximum absolute atomic E-state index is 12.2. The first kappa shape index (κ1) is 14.3. The Morgan fingerprint density at radius 1 is 1.32 bits per heavy atom. The maximum Gasteiger partial charge on any atom is 0.262 e. The van der Waals surface area contributed by atoms with Crippen molar-refractivity contribution in [3.8, 4) is 11.5 Å². The van der Waals surface area contributed by atoms with Crippen LogP contribution in [0.25, 0.3) is 11.5 Å². The molecule has 0 saturated heterocycles. The molecule has 0 aliphatic heterocycles. The minimum Gasteiger partial charge on any atom is -0.337 e. The van der Waals surface area contributed by atoms with Gasteiger partial charge in [0.05, 0.1) is 4.88 Å². The number of carbonyl (C=O) groups excluding carboxylic acids is 1. The lowest BCUT2D eigenvalue weighted by atomic mass is 10.1. The van der Waals surface area contributed by atoms with Crippen molar-refractivity contribution in [2.24, 2.45) is 0 Å². The average molecular weight is 315 g/mol. The first-order valence-electron chi connectivity index (χ1n) is 6.54. The molecule has 0 fully saturated rings. The van der Waals surface area contributed by atoms with Crippen LogP contribution in [0.2, 0.25) is 0 Å². The van der Waals surface area contributed by atoms with Gasteiger partial charge in [0.15, 0.2) is 0 Å². The van der Waals surface area contributed by atoms with Gasteiger partial charge in [0.25, 0.3) is 11.8 Å². The topological polar surface area (TPSA) is 93.8 Å². The molecule has 8 heteroatoms. The van der Waals surface area contributed by atoms with Crippen LogP contribution in [0, 0.1) is 0 Å². The number of carbonyl (C=O) groups is 1. The van der Waals surface area contributed by atoms with E-state index in [9.17, 15) is 4.79 Å². The quantitative estimate of drug-likeness (QED) is 0.793. The van der Waals surface area contributed by atoms with Crippen LogP contribution in [0.3, 0.4) is 0 Å². The normalized spacial score (nSPS) is 11.4. The summed E-state index contributed by atoms with van der Waals surface area (Å²) in [6, 6.07) is 7.06. The van der Waals surface area contributed by atoms with Crippen LogP contribution in [0.5, 0.6) is 0 Å². The van der Waals surface area contributed by atoms with Gasteiger partial charge in [-0.1, -0.05) is 11.2 Å². The Kier molecular flexibility index (Phi) is 3.68. The molecule has 22 heavy (non-hydrogen) atoms. The summed E-state index contributed by atoms with van der Waals surface area (Å²) >= 11 is 1.37. The van der Waals surface area contributed by atoms with E-state index in [0.717, 1.165) is 0 Å². The molecule has 0 aliphatic carbocycles. The zero-order valence-electron chi connectivity index (χ0n) is 12.0. The molecule has 0 spiro atoms. The number of nitrogens with one attached hydrogen (secondary N) is 1. The molecule has 112 valence electrons. The number of nitrogens with zero attached hydrogens (tertiary/aromatic N) is 4. The third-order valence-electron chi connectivity index (χ3n) is 2.93. The first-order valence-corrected chi connectivity index (χ1v) is 7.42. The van der Waals surface area contributed by atoms with Crippen molar-refractivity contribution in [2.75, 3.05) is 0 Å². The van der Waals surface area contributed by atoms with E-state index in [0.29, 0.717) is 22.3 Å². The van der Waals surface area contributed by atoms with E-state index in [-0.39, 0.29) is 5.91 Å². The van der Waals surface area contributed by atoms with Gasteiger partial charge in [-0.15, -0.1) is 16.4 Å². The Morgan fingerprint density at radius 2 is 2.18 bits per heavy atom. The van der Waals surface area contributed by atoms with Gasteiger partial charge >= 0.3 is 0 Å². The Morgan fingerprint density at radius 3 is 2.86 bits per heavy atom. The van der Waals surface area contributed by atoms with Gasteiger partial charge in [-0.3, -0.25) is 4.79 Å². The highest BCUT2D eigenvalue weighted by Gasteiger charge is 2.30. The van der Waals surface area contributed by atoms with E-state index in [4.69, 9.17) is 4.52 Å². The molecule has 3 heterocycles. The van der Waals surface area contributed by atoms with E-state index in [1.807, 2.05) is 11.4 Å². The fraction of sp³-hybridized carbons (Fsp3) is 0.214. The summed E-state index contributed by atoms with van der Waals surface area (Å²) in [5.74, 6) is 0.457. The highest BCUT2D eigenvalue weighted by atomic mass is 32.1. The number of hydrogen-bond donors (Lipinski definition) is 1. The number of rotatable bonds is 4. The highest BCUT2D eigenvalue weighted by Crippen LogP contribution is 2.22. The number of hydrogen-bond acceptors (Lipinski definition) is 7. The second-order valence-electron chi connectivity index (χ2n) is 5.09. The van der Waals surface area contributed by atoms with Crippen LogP contribution in [0.1, 0.15) is 29.4 Å². The molecule has 0 atom stereocenters. The van der Waals surface area contributed by atoms with Gasteiger partial charge < -0.3 is 9.84 Å². The Labute approximate surface area is 130 Å². The molecular formula is C14H13N5O2S. The van der Waals surface area contributed by atoms with Gasteiger partial charge in [0, 0.05) is 6.20 Å². The molecule has 3 rings (SSSR count). The molecule has 7 nitrogen and oxygen atoms in total. The summed E-state index contributed by atoms with van der Waals surface area (Å²) < 4.78 is 5.26. The van der Waals surface area contributed by atoms with Crippen molar-refractivity contribution < 1.29 is 9.32 Å². The van der Waals surface area contributed by atoms with Crippen molar-refractivity contribution in [3.05, 3.63) is 46.6 Å².